The summed E-state index contributed by atoms with van der Waals surface area (Å²) in [5.41, 5.74) is 7.61. The van der Waals surface area contributed by atoms with Crippen LogP contribution in [0.2, 0.25) is 0 Å². The summed E-state index contributed by atoms with van der Waals surface area (Å²) in [6.45, 7) is 11.1. The minimum atomic E-state index is 0. The molecule has 0 nitrogen and oxygen atoms in total. The van der Waals surface area contributed by atoms with Crippen molar-refractivity contribution < 1.29 is 17.1 Å². The van der Waals surface area contributed by atoms with Crippen LogP contribution in [-0.2, 0) is 49.2 Å². The molecule has 2 aromatic rings. The Morgan fingerprint density at radius 2 is 1.43 bits per heavy atom. The standard InChI is InChI=1S/C11H17.C9H13.Fe/c1-4-9-7-8-10(5-2)11(9)6-3;1-3-8-5-6-9(4-2)7-8;/h7-8H,4-6H2,1-3H3;5-7H,3-4H2,1-2H3;/q-5;-1;. The van der Waals surface area contributed by atoms with Gasteiger partial charge in [0.1, 0.15) is 0 Å². The van der Waals surface area contributed by atoms with Crippen molar-refractivity contribution in [3.63, 3.8) is 0 Å². The summed E-state index contributed by atoms with van der Waals surface area (Å²) in [4.78, 5) is 0. The Labute approximate surface area is 142 Å². The van der Waals surface area contributed by atoms with Gasteiger partial charge in [-0.05, 0) is 0 Å². The van der Waals surface area contributed by atoms with Crippen molar-refractivity contribution in [2.24, 2.45) is 0 Å². The molecule has 0 spiro atoms. The van der Waals surface area contributed by atoms with Crippen LogP contribution in [0, 0.1) is 0 Å². The molecule has 0 unspecified atom stereocenters. The molecule has 0 saturated heterocycles. The quantitative estimate of drug-likeness (QED) is 0.494. The van der Waals surface area contributed by atoms with E-state index in [0.29, 0.717) is 0 Å². The maximum Gasteiger partial charge on any atom is 0 e. The zero-order valence-corrected chi connectivity index (χ0v) is 15.4. The predicted molar refractivity (Wildman–Crippen MR) is 91.0 cm³/mol. The van der Waals surface area contributed by atoms with Gasteiger partial charge < -0.3 is 28.8 Å². The topological polar surface area (TPSA) is 0 Å². The number of aryl methyl sites for hydroxylation is 4. The molecule has 0 fully saturated rings. The van der Waals surface area contributed by atoms with Crippen molar-refractivity contribution in [2.45, 2.75) is 66.7 Å². The van der Waals surface area contributed by atoms with Gasteiger partial charge in [0.25, 0.3) is 0 Å². The van der Waals surface area contributed by atoms with E-state index < -0.39 is 0 Å². The van der Waals surface area contributed by atoms with E-state index in [-0.39, 0.29) is 17.1 Å². The van der Waals surface area contributed by atoms with Crippen LogP contribution < -0.4 is 0 Å². The van der Waals surface area contributed by atoms with Crippen molar-refractivity contribution in [2.75, 3.05) is 0 Å². The average molecular weight is 326 g/mol. The molecule has 0 radical (unpaired) electrons. The Balaban J connectivity index is 0.000000370. The molecule has 0 aromatic heterocycles. The summed E-state index contributed by atoms with van der Waals surface area (Å²) >= 11 is 0. The normalized spacial score (nSPS) is 9.76. The van der Waals surface area contributed by atoms with Crippen LogP contribution in [0.25, 0.3) is 0 Å². The van der Waals surface area contributed by atoms with E-state index in [1.54, 1.807) is 16.7 Å². The average Bonchev–Trinajstić information content (AvgIpc) is 3.12. The molecule has 0 aliphatic carbocycles. The fourth-order valence-corrected chi connectivity index (χ4v) is 2.71. The van der Waals surface area contributed by atoms with Crippen LogP contribution in [0.3, 0.4) is 0 Å². The van der Waals surface area contributed by atoms with Crippen molar-refractivity contribution in [1.82, 2.24) is 0 Å². The van der Waals surface area contributed by atoms with Crippen LogP contribution >= 0.6 is 0 Å². The molecule has 2 rings (SSSR count). The van der Waals surface area contributed by atoms with Crippen LogP contribution in [0.5, 0.6) is 0 Å². The molecule has 0 atom stereocenters. The van der Waals surface area contributed by atoms with E-state index in [9.17, 15) is 0 Å². The summed E-state index contributed by atoms with van der Waals surface area (Å²) in [6, 6.07) is 11.2. The minimum Gasteiger partial charge on any atom is -0.745 e. The summed E-state index contributed by atoms with van der Waals surface area (Å²) in [6.07, 6.45) is 5.89. The molecule has 0 heterocycles. The first kappa shape index (κ1) is 20.2. The van der Waals surface area contributed by atoms with Crippen molar-refractivity contribution in [1.29, 1.82) is 0 Å². The fraction of sp³-hybridized carbons (Fsp3) is 0.500. The summed E-state index contributed by atoms with van der Waals surface area (Å²) in [5, 5.41) is 0. The van der Waals surface area contributed by atoms with Gasteiger partial charge in [0.05, 0.1) is 0 Å². The Morgan fingerprint density at radius 1 is 0.857 bits per heavy atom. The van der Waals surface area contributed by atoms with Gasteiger partial charge >= 0.3 is 0 Å². The van der Waals surface area contributed by atoms with Gasteiger partial charge in [0.2, 0.25) is 0 Å². The van der Waals surface area contributed by atoms with E-state index >= 15 is 0 Å². The van der Waals surface area contributed by atoms with E-state index in [1.165, 1.54) is 43.2 Å². The maximum atomic E-state index is 2.28. The second-order valence-corrected chi connectivity index (χ2v) is 5.26. The van der Waals surface area contributed by atoms with Gasteiger partial charge in [-0.2, -0.15) is 23.3 Å². The third-order valence-electron chi connectivity index (χ3n) is 4.08. The van der Waals surface area contributed by atoms with Crippen LogP contribution in [0.1, 0.15) is 62.4 Å². The van der Waals surface area contributed by atoms with Gasteiger partial charge in [-0.15, -0.1) is 0 Å². The molecular formula is C20H30Fe-6. The van der Waals surface area contributed by atoms with Gasteiger partial charge in [-0.1, -0.05) is 47.5 Å². The Bertz CT molecular complexity index is 448. The SMILES string of the molecule is CC[c-]1[cH-][cH-][c-](CC)[c-]1CC.CCc1cc[c-](CC)c1.[Fe]. The third-order valence-corrected chi connectivity index (χ3v) is 4.08. The van der Waals surface area contributed by atoms with Crippen LogP contribution in [-0.4, -0.2) is 0 Å². The largest absolute Gasteiger partial charge is 0.745 e. The first-order chi connectivity index (χ1) is 9.69. The molecule has 1 heteroatoms. The molecule has 0 amide bonds. The molecule has 21 heavy (non-hydrogen) atoms. The number of hydrogen-bond acceptors (Lipinski definition) is 0. The minimum absolute atomic E-state index is 0. The Morgan fingerprint density at radius 3 is 1.71 bits per heavy atom. The van der Waals surface area contributed by atoms with E-state index in [1.807, 2.05) is 0 Å². The monoisotopic (exact) mass is 326 g/mol. The number of rotatable bonds is 5. The molecule has 0 aliphatic heterocycles. The number of hydrogen-bond donors (Lipinski definition) is 0. The zero-order chi connectivity index (χ0) is 15.0. The molecular weight excluding hydrogens is 296 g/mol. The Hall–Kier alpha value is -0.781. The molecule has 0 aliphatic rings. The summed E-state index contributed by atoms with van der Waals surface area (Å²) in [7, 11) is 0. The third kappa shape index (κ3) is 5.85. The first-order valence-corrected chi connectivity index (χ1v) is 8.20. The van der Waals surface area contributed by atoms with Gasteiger partial charge in [0.15, 0.2) is 0 Å². The summed E-state index contributed by atoms with van der Waals surface area (Å²) in [5.74, 6) is 0. The zero-order valence-electron chi connectivity index (χ0n) is 14.3. The van der Waals surface area contributed by atoms with E-state index in [4.69, 9.17) is 0 Å². The molecule has 0 bridgehead atoms. The molecule has 0 saturated carbocycles. The van der Waals surface area contributed by atoms with Crippen LogP contribution in [0.15, 0.2) is 30.3 Å². The van der Waals surface area contributed by atoms with Gasteiger partial charge in [-0.25, -0.2) is 25.3 Å². The predicted octanol–water partition coefficient (Wildman–Crippen LogP) is 5.62. The molecule has 2 aromatic carbocycles. The summed E-state index contributed by atoms with van der Waals surface area (Å²) < 4.78 is 0. The molecule has 0 N–H and O–H groups in total. The second kappa shape index (κ2) is 10.9. The van der Waals surface area contributed by atoms with Gasteiger partial charge in [-0.3, -0.25) is 0 Å². The smallest absolute Gasteiger partial charge is 0 e. The fourth-order valence-electron chi connectivity index (χ4n) is 2.71. The second-order valence-electron chi connectivity index (χ2n) is 5.26. The maximum absolute atomic E-state index is 2.28. The molecule has 124 valence electrons. The van der Waals surface area contributed by atoms with E-state index in [0.717, 1.165) is 0 Å². The van der Waals surface area contributed by atoms with Crippen molar-refractivity contribution in [3.05, 3.63) is 58.1 Å². The van der Waals surface area contributed by atoms with Crippen molar-refractivity contribution in [3.8, 4) is 0 Å². The van der Waals surface area contributed by atoms with Crippen LogP contribution in [0.4, 0.5) is 0 Å². The van der Waals surface area contributed by atoms with E-state index in [2.05, 4.69) is 65.0 Å². The van der Waals surface area contributed by atoms with Gasteiger partial charge in [0, 0.05) is 17.1 Å². The Kier molecular flexibility index (Phi) is 10.5. The van der Waals surface area contributed by atoms with Crippen molar-refractivity contribution >= 4 is 0 Å². The first-order valence-electron chi connectivity index (χ1n) is 8.20.